The highest BCUT2D eigenvalue weighted by Crippen LogP contribution is 2.44. The number of ketones is 1. The number of carbonyl (C=O) groups excluding carboxylic acids is 1. The number of hydrogen-bond acceptors (Lipinski definition) is 2. The summed E-state index contributed by atoms with van der Waals surface area (Å²) in [5.74, 6) is 1.04. The van der Waals surface area contributed by atoms with Gasteiger partial charge in [-0.3, -0.25) is 4.79 Å². The third-order valence-electron chi connectivity index (χ3n) is 6.15. The molecule has 5 rings (SSSR count). The monoisotopic (exact) mass is 392 g/mol. The molecule has 0 N–H and O–H groups in total. The number of ether oxygens (including phenoxy) is 1. The molecule has 0 fully saturated rings. The first-order valence-electron chi connectivity index (χ1n) is 10.5. The summed E-state index contributed by atoms with van der Waals surface area (Å²) in [5, 5.41) is 4.64. The summed E-state index contributed by atoms with van der Waals surface area (Å²) in [7, 11) is 0. The molecule has 0 radical (unpaired) electrons. The van der Waals surface area contributed by atoms with Crippen LogP contribution in [0, 0.1) is 5.92 Å². The lowest BCUT2D eigenvalue weighted by Gasteiger charge is -2.39. The summed E-state index contributed by atoms with van der Waals surface area (Å²) in [6.07, 6.45) is 2.78. The number of rotatable bonds is 3. The Balaban J connectivity index is 1.62. The molecule has 2 nitrogen and oxygen atoms in total. The van der Waals surface area contributed by atoms with E-state index in [-0.39, 0.29) is 11.7 Å². The predicted octanol–water partition coefficient (Wildman–Crippen LogP) is 6.87. The third kappa shape index (κ3) is 3.09. The maximum atomic E-state index is 13.0. The topological polar surface area (TPSA) is 26.3 Å². The Morgan fingerprint density at radius 2 is 1.43 bits per heavy atom. The largest absolute Gasteiger partial charge is 0.474 e. The molecule has 30 heavy (non-hydrogen) atoms. The third-order valence-corrected chi connectivity index (χ3v) is 6.15. The Kier molecular flexibility index (Phi) is 4.43. The molecule has 1 aliphatic rings. The lowest BCUT2D eigenvalue weighted by molar-refractivity contribution is -0.138. The van der Waals surface area contributed by atoms with Crippen LogP contribution < -0.4 is 0 Å². The van der Waals surface area contributed by atoms with Gasteiger partial charge in [-0.1, -0.05) is 79.7 Å². The van der Waals surface area contributed by atoms with Crippen LogP contribution in [0.5, 0.6) is 0 Å². The Labute approximate surface area is 176 Å². The molecular weight excluding hydrogens is 368 g/mol. The van der Waals surface area contributed by atoms with Crippen molar-refractivity contribution >= 4 is 33.1 Å². The Bertz CT molecular complexity index is 1300. The van der Waals surface area contributed by atoms with Crippen LogP contribution in [0.25, 0.3) is 27.3 Å². The van der Waals surface area contributed by atoms with E-state index in [2.05, 4.69) is 67.6 Å². The normalized spacial score (nSPS) is 21.3. The van der Waals surface area contributed by atoms with Crippen LogP contribution in [0.3, 0.4) is 0 Å². The first-order valence-corrected chi connectivity index (χ1v) is 10.5. The molecule has 0 bridgehead atoms. The number of Topliss-reactive ketones (excluding diaryl/α,β-unsaturated/α-hetero) is 1. The van der Waals surface area contributed by atoms with Gasteiger partial charge in [-0.05, 0) is 52.6 Å². The van der Waals surface area contributed by atoms with Crippen LogP contribution in [0.1, 0.15) is 31.4 Å². The minimum absolute atomic E-state index is 0.0380. The average molecular weight is 392 g/mol. The van der Waals surface area contributed by atoms with Gasteiger partial charge < -0.3 is 4.74 Å². The van der Waals surface area contributed by atoms with Gasteiger partial charge in [0.15, 0.2) is 11.4 Å². The molecule has 148 valence electrons. The maximum absolute atomic E-state index is 13.0. The first-order chi connectivity index (χ1) is 14.5. The Morgan fingerprint density at radius 1 is 0.833 bits per heavy atom. The van der Waals surface area contributed by atoms with Gasteiger partial charge in [0.25, 0.3) is 0 Å². The fraction of sp³-hybridized carbons (Fsp3) is 0.179. The van der Waals surface area contributed by atoms with E-state index in [0.717, 1.165) is 33.0 Å². The van der Waals surface area contributed by atoms with E-state index in [1.807, 2.05) is 30.3 Å². The second-order valence-electron chi connectivity index (χ2n) is 8.32. The van der Waals surface area contributed by atoms with Gasteiger partial charge in [-0.25, -0.2) is 0 Å². The van der Waals surface area contributed by atoms with Gasteiger partial charge in [-0.2, -0.15) is 0 Å². The molecule has 2 heteroatoms. The highest BCUT2D eigenvalue weighted by Gasteiger charge is 2.44. The van der Waals surface area contributed by atoms with E-state index in [1.165, 1.54) is 5.39 Å². The average Bonchev–Trinajstić information content (AvgIpc) is 2.77. The number of allylic oxidation sites excluding steroid dienone is 1. The number of carbonyl (C=O) groups is 1. The number of fused-ring (bicyclic) bond motifs is 2. The summed E-state index contributed by atoms with van der Waals surface area (Å²) in [4.78, 5) is 13.0. The summed E-state index contributed by atoms with van der Waals surface area (Å²) in [6, 6.07) is 29.1. The van der Waals surface area contributed by atoms with Crippen molar-refractivity contribution in [1.29, 1.82) is 0 Å². The van der Waals surface area contributed by atoms with Crippen molar-refractivity contribution < 1.29 is 9.53 Å². The zero-order chi connectivity index (χ0) is 20.7. The van der Waals surface area contributed by atoms with Gasteiger partial charge in [0.1, 0.15) is 5.76 Å². The molecule has 2 atom stereocenters. The molecule has 0 saturated heterocycles. The van der Waals surface area contributed by atoms with Crippen molar-refractivity contribution in [2.75, 3.05) is 0 Å². The lowest BCUT2D eigenvalue weighted by atomic mass is 9.79. The zero-order valence-corrected chi connectivity index (χ0v) is 17.3. The number of hydrogen-bond donors (Lipinski definition) is 0. The molecule has 0 amide bonds. The second-order valence-corrected chi connectivity index (χ2v) is 8.32. The fourth-order valence-corrected chi connectivity index (χ4v) is 4.57. The van der Waals surface area contributed by atoms with Gasteiger partial charge in [-0.15, -0.1) is 0 Å². The van der Waals surface area contributed by atoms with Gasteiger partial charge in [0.05, 0.1) is 0 Å². The maximum Gasteiger partial charge on any atom is 0.192 e. The molecule has 4 aromatic rings. The van der Waals surface area contributed by atoms with Crippen LogP contribution in [0.4, 0.5) is 0 Å². The van der Waals surface area contributed by atoms with E-state index in [9.17, 15) is 4.79 Å². The van der Waals surface area contributed by atoms with E-state index in [4.69, 9.17) is 4.74 Å². The van der Waals surface area contributed by atoms with Crippen LogP contribution in [-0.2, 0) is 15.1 Å². The van der Waals surface area contributed by atoms with Crippen LogP contribution in [0.2, 0.25) is 0 Å². The van der Waals surface area contributed by atoms with E-state index in [0.29, 0.717) is 6.42 Å². The van der Waals surface area contributed by atoms with Crippen molar-refractivity contribution in [1.82, 2.24) is 0 Å². The summed E-state index contributed by atoms with van der Waals surface area (Å²) in [6.45, 7) is 3.80. The van der Waals surface area contributed by atoms with E-state index >= 15 is 0 Å². The summed E-state index contributed by atoms with van der Waals surface area (Å²) >= 11 is 0. The van der Waals surface area contributed by atoms with Crippen molar-refractivity contribution in [2.24, 2.45) is 5.92 Å². The smallest absolute Gasteiger partial charge is 0.192 e. The summed E-state index contributed by atoms with van der Waals surface area (Å²) in [5.41, 5.74) is 0.956. The van der Waals surface area contributed by atoms with Crippen LogP contribution >= 0.6 is 0 Å². The molecule has 1 aliphatic heterocycles. The molecule has 0 aromatic heterocycles. The molecule has 0 aliphatic carbocycles. The van der Waals surface area contributed by atoms with Crippen LogP contribution in [0.15, 0.2) is 91.0 Å². The molecule has 0 spiro atoms. The predicted molar refractivity (Wildman–Crippen MR) is 123 cm³/mol. The standard InChI is InChI=1S/C28H24O2/c1-19-15-27(25-12-11-21-7-3-5-9-23(21)16-25)30-28(18-19,20(2)29)26-14-13-22-8-4-6-10-24(22)17-26/h3-17,19H,18H2,1-2H3/t19-,28-/m0/s1. The zero-order valence-electron chi connectivity index (χ0n) is 17.3. The van der Waals surface area contributed by atoms with Crippen molar-refractivity contribution in [3.05, 3.63) is 102 Å². The Hall–Kier alpha value is -3.39. The molecular formula is C28H24O2. The van der Waals surface area contributed by atoms with Crippen molar-refractivity contribution in [3.63, 3.8) is 0 Å². The fourth-order valence-electron chi connectivity index (χ4n) is 4.57. The van der Waals surface area contributed by atoms with E-state index < -0.39 is 5.60 Å². The first kappa shape index (κ1) is 18.6. The van der Waals surface area contributed by atoms with Crippen molar-refractivity contribution in [3.8, 4) is 0 Å². The minimum Gasteiger partial charge on any atom is -0.474 e. The molecule has 0 unspecified atom stereocenters. The van der Waals surface area contributed by atoms with Crippen molar-refractivity contribution in [2.45, 2.75) is 25.9 Å². The second kappa shape index (κ2) is 7.14. The van der Waals surface area contributed by atoms with Gasteiger partial charge in [0, 0.05) is 17.5 Å². The van der Waals surface area contributed by atoms with E-state index in [1.54, 1.807) is 6.92 Å². The lowest BCUT2D eigenvalue weighted by Crippen LogP contribution is -2.40. The molecule has 1 heterocycles. The highest BCUT2D eigenvalue weighted by atomic mass is 16.5. The summed E-state index contributed by atoms with van der Waals surface area (Å²) < 4.78 is 6.59. The minimum atomic E-state index is -0.973. The number of benzene rings is 4. The quantitative estimate of drug-likeness (QED) is 0.380. The molecule has 4 aromatic carbocycles. The van der Waals surface area contributed by atoms with Gasteiger partial charge >= 0.3 is 0 Å². The van der Waals surface area contributed by atoms with Crippen LogP contribution in [-0.4, -0.2) is 5.78 Å². The Morgan fingerprint density at radius 3 is 2.10 bits per heavy atom. The highest BCUT2D eigenvalue weighted by molar-refractivity contribution is 5.91. The SMILES string of the molecule is CC(=O)[C@]1(c2ccc3ccccc3c2)C[C@@H](C)C=C(c2ccc3ccccc3c2)O1. The molecule has 0 saturated carbocycles. The van der Waals surface area contributed by atoms with Gasteiger partial charge in [0.2, 0.25) is 0 Å².